The monoisotopic (exact) mass is 335 g/mol. The molecule has 0 bridgehead atoms. The van der Waals surface area contributed by atoms with Gasteiger partial charge in [-0.25, -0.2) is 0 Å². The Morgan fingerprint density at radius 1 is 1.17 bits per heavy atom. The van der Waals surface area contributed by atoms with E-state index in [0.29, 0.717) is 38.7 Å². The minimum atomic E-state index is 0.155. The summed E-state index contributed by atoms with van der Waals surface area (Å²) in [6, 6.07) is 10.2. The van der Waals surface area contributed by atoms with Crippen LogP contribution in [0.5, 0.6) is 0 Å². The topological polar surface area (TPSA) is 48.0 Å². The number of hydrogen-bond donors (Lipinski definition) is 0. The van der Waals surface area contributed by atoms with Crippen molar-refractivity contribution in [2.75, 3.05) is 46.7 Å². The second-order valence-corrected chi connectivity index (χ2v) is 6.17. The van der Waals surface area contributed by atoms with Crippen molar-refractivity contribution in [2.45, 2.75) is 25.8 Å². The molecule has 1 saturated heterocycles. The van der Waals surface area contributed by atoms with Gasteiger partial charge in [-0.05, 0) is 24.3 Å². The van der Waals surface area contributed by atoms with Crippen LogP contribution in [0.3, 0.4) is 0 Å². The van der Waals surface area contributed by atoms with Gasteiger partial charge in [-0.15, -0.1) is 0 Å². The minimum absolute atomic E-state index is 0.155. The summed E-state index contributed by atoms with van der Waals surface area (Å²) in [6.07, 6.45) is 2.48. The van der Waals surface area contributed by atoms with E-state index in [0.717, 1.165) is 32.6 Å². The molecular formula is C19H29NO4. The van der Waals surface area contributed by atoms with Gasteiger partial charge in [0.1, 0.15) is 0 Å². The van der Waals surface area contributed by atoms with Crippen LogP contribution in [0.4, 0.5) is 0 Å². The Kier molecular flexibility index (Phi) is 8.81. The van der Waals surface area contributed by atoms with Crippen LogP contribution < -0.4 is 0 Å². The van der Waals surface area contributed by atoms with E-state index < -0.39 is 0 Å². The molecule has 0 radical (unpaired) electrons. The lowest BCUT2D eigenvalue weighted by atomic mass is 9.99. The Bertz CT molecular complexity index is 460. The van der Waals surface area contributed by atoms with E-state index in [-0.39, 0.29) is 5.91 Å². The number of methoxy groups -OCH3 is 1. The average Bonchev–Trinajstić information content (AvgIpc) is 2.62. The number of amides is 1. The van der Waals surface area contributed by atoms with Crippen molar-refractivity contribution < 1.29 is 19.0 Å². The summed E-state index contributed by atoms with van der Waals surface area (Å²) in [5, 5.41) is 0. The number of nitrogens with zero attached hydrogens (tertiary/aromatic N) is 1. The summed E-state index contributed by atoms with van der Waals surface area (Å²) in [7, 11) is 1.64. The quantitative estimate of drug-likeness (QED) is 0.617. The molecular weight excluding hydrogens is 306 g/mol. The maximum atomic E-state index is 12.6. The third kappa shape index (κ3) is 6.99. The van der Waals surface area contributed by atoms with Gasteiger partial charge in [0.25, 0.3) is 0 Å². The molecule has 0 saturated carbocycles. The van der Waals surface area contributed by atoms with Gasteiger partial charge < -0.3 is 19.1 Å². The summed E-state index contributed by atoms with van der Waals surface area (Å²) >= 11 is 0. The van der Waals surface area contributed by atoms with E-state index in [4.69, 9.17) is 14.2 Å². The molecule has 1 amide bonds. The van der Waals surface area contributed by atoms with Crippen LogP contribution in [0.1, 0.15) is 24.8 Å². The zero-order valence-corrected chi connectivity index (χ0v) is 14.6. The van der Waals surface area contributed by atoms with Crippen LogP contribution in [0.15, 0.2) is 30.3 Å². The fourth-order valence-electron chi connectivity index (χ4n) is 2.86. The maximum Gasteiger partial charge on any atom is 0.225 e. The molecule has 134 valence electrons. The van der Waals surface area contributed by atoms with Crippen molar-refractivity contribution in [3.8, 4) is 0 Å². The molecule has 1 fully saturated rings. The Morgan fingerprint density at radius 3 is 2.62 bits per heavy atom. The van der Waals surface area contributed by atoms with Gasteiger partial charge in [-0.3, -0.25) is 4.79 Å². The summed E-state index contributed by atoms with van der Waals surface area (Å²) < 4.78 is 15.8. The van der Waals surface area contributed by atoms with E-state index in [9.17, 15) is 4.79 Å². The van der Waals surface area contributed by atoms with Crippen LogP contribution >= 0.6 is 0 Å². The molecule has 0 N–H and O–H groups in total. The van der Waals surface area contributed by atoms with Crippen LogP contribution in [-0.2, 0) is 25.5 Å². The highest BCUT2D eigenvalue weighted by molar-refractivity contribution is 5.76. The summed E-state index contributed by atoms with van der Waals surface area (Å²) in [6.45, 7) is 4.61. The SMILES string of the molecule is COCCOCCC(=O)N(Cc1ccccc1)CC1CCOCC1. The highest BCUT2D eigenvalue weighted by Gasteiger charge is 2.21. The van der Waals surface area contributed by atoms with Crippen molar-refractivity contribution in [1.82, 2.24) is 4.90 Å². The third-order valence-corrected chi connectivity index (χ3v) is 4.28. The highest BCUT2D eigenvalue weighted by Crippen LogP contribution is 2.18. The summed E-state index contributed by atoms with van der Waals surface area (Å²) in [5.74, 6) is 0.684. The smallest absolute Gasteiger partial charge is 0.225 e. The van der Waals surface area contributed by atoms with Crippen molar-refractivity contribution in [1.29, 1.82) is 0 Å². The Labute approximate surface area is 144 Å². The van der Waals surface area contributed by atoms with Crippen LogP contribution in [-0.4, -0.2) is 57.5 Å². The lowest BCUT2D eigenvalue weighted by molar-refractivity contribution is -0.134. The maximum absolute atomic E-state index is 12.6. The standard InChI is InChI=1S/C19H29NO4/c1-22-13-14-24-12-9-19(21)20(15-17-5-3-2-4-6-17)16-18-7-10-23-11-8-18/h2-6,18H,7-16H2,1H3. The van der Waals surface area contributed by atoms with Crippen LogP contribution in [0.25, 0.3) is 0 Å². The third-order valence-electron chi connectivity index (χ3n) is 4.28. The van der Waals surface area contributed by atoms with E-state index in [1.807, 2.05) is 23.1 Å². The zero-order valence-electron chi connectivity index (χ0n) is 14.6. The molecule has 2 rings (SSSR count). The van der Waals surface area contributed by atoms with E-state index in [2.05, 4.69) is 12.1 Å². The molecule has 0 aliphatic carbocycles. The van der Waals surface area contributed by atoms with Crippen molar-refractivity contribution >= 4 is 5.91 Å². The second-order valence-electron chi connectivity index (χ2n) is 6.17. The average molecular weight is 335 g/mol. The van der Waals surface area contributed by atoms with Gasteiger partial charge >= 0.3 is 0 Å². The Balaban J connectivity index is 1.86. The summed E-state index contributed by atoms with van der Waals surface area (Å²) in [4.78, 5) is 14.6. The van der Waals surface area contributed by atoms with E-state index in [1.165, 1.54) is 5.56 Å². The number of rotatable bonds is 10. The Hall–Kier alpha value is -1.43. The number of carbonyl (C=O) groups is 1. The lowest BCUT2D eigenvalue weighted by Gasteiger charge is -2.30. The minimum Gasteiger partial charge on any atom is -0.382 e. The number of ether oxygens (including phenoxy) is 3. The molecule has 0 unspecified atom stereocenters. The molecule has 1 aromatic carbocycles. The predicted molar refractivity (Wildman–Crippen MR) is 92.7 cm³/mol. The van der Waals surface area contributed by atoms with Crippen molar-refractivity contribution in [3.05, 3.63) is 35.9 Å². The van der Waals surface area contributed by atoms with E-state index >= 15 is 0 Å². The van der Waals surface area contributed by atoms with Crippen LogP contribution in [0, 0.1) is 5.92 Å². The molecule has 1 aromatic rings. The van der Waals surface area contributed by atoms with Crippen LogP contribution in [0.2, 0.25) is 0 Å². The van der Waals surface area contributed by atoms with Crippen molar-refractivity contribution in [2.24, 2.45) is 5.92 Å². The number of hydrogen-bond acceptors (Lipinski definition) is 4. The first-order chi connectivity index (χ1) is 11.8. The fourth-order valence-corrected chi connectivity index (χ4v) is 2.86. The van der Waals surface area contributed by atoms with E-state index in [1.54, 1.807) is 7.11 Å². The second kappa shape index (κ2) is 11.2. The van der Waals surface area contributed by atoms with Gasteiger partial charge in [0, 0.05) is 33.4 Å². The molecule has 1 aliphatic heterocycles. The number of carbonyl (C=O) groups excluding carboxylic acids is 1. The van der Waals surface area contributed by atoms with Gasteiger partial charge in [0.2, 0.25) is 5.91 Å². The highest BCUT2D eigenvalue weighted by atomic mass is 16.5. The molecule has 5 nitrogen and oxygen atoms in total. The largest absolute Gasteiger partial charge is 0.382 e. The first kappa shape index (κ1) is 18.9. The molecule has 1 heterocycles. The molecule has 0 spiro atoms. The molecule has 0 aromatic heterocycles. The molecule has 24 heavy (non-hydrogen) atoms. The molecule has 1 aliphatic rings. The normalized spacial score (nSPS) is 15.4. The summed E-state index contributed by atoms with van der Waals surface area (Å²) in [5.41, 5.74) is 1.17. The fraction of sp³-hybridized carbons (Fsp3) is 0.632. The van der Waals surface area contributed by atoms with Gasteiger partial charge in [0.15, 0.2) is 0 Å². The number of benzene rings is 1. The first-order valence-electron chi connectivity index (χ1n) is 8.75. The predicted octanol–water partition coefficient (Wildman–Crippen LogP) is 2.49. The van der Waals surface area contributed by atoms with Gasteiger partial charge in [-0.1, -0.05) is 30.3 Å². The molecule has 0 atom stereocenters. The van der Waals surface area contributed by atoms with Gasteiger partial charge in [-0.2, -0.15) is 0 Å². The van der Waals surface area contributed by atoms with Crippen molar-refractivity contribution in [3.63, 3.8) is 0 Å². The molecule has 5 heteroatoms. The lowest BCUT2D eigenvalue weighted by Crippen LogP contribution is -2.37. The first-order valence-corrected chi connectivity index (χ1v) is 8.75. The zero-order chi connectivity index (χ0) is 17.0. The van der Waals surface area contributed by atoms with Gasteiger partial charge in [0.05, 0.1) is 26.2 Å². The Morgan fingerprint density at radius 2 is 1.92 bits per heavy atom.